The molecule has 1 unspecified atom stereocenters. The molecule has 0 rings (SSSR count). The first-order valence-corrected chi connectivity index (χ1v) is 1.72. The second kappa shape index (κ2) is 1.69. The summed E-state index contributed by atoms with van der Waals surface area (Å²) in [4.78, 5) is 0. The van der Waals surface area contributed by atoms with Crippen molar-refractivity contribution < 1.29 is 13.2 Å². The lowest BCUT2D eigenvalue weighted by molar-refractivity contribution is -0.0520. The van der Waals surface area contributed by atoms with Crippen LogP contribution < -0.4 is 5.73 Å². The second-order valence-corrected chi connectivity index (χ2v) is 1.36. The van der Waals surface area contributed by atoms with E-state index in [0.717, 1.165) is 0 Å². The van der Waals surface area contributed by atoms with Crippen LogP contribution in [0.15, 0.2) is 0 Å². The number of hydrogen-bond acceptors (Lipinski definition) is 1. The lowest BCUT2D eigenvalue weighted by Gasteiger charge is -2.08. The average Bonchev–Trinajstić information content (AvgIpc) is 1.31. The summed E-state index contributed by atoms with van der Waals surface area (Å²) in [6.07, 6.45) is -2.53. The molecule has 0 fully saturated rings. The minimum absolute atomic E-state index is 0.428. The van der Waals surface area contributed by atoms with Gasteiger partial charge in [-0.25, -0.2) is 13.2 Å². The van der Waals surface area contributed by atoms with Gasteiger partial charge in [-0.05, 0) is 0 Å². The van der Waals surface area contributed by atoms with E-state index in [-0.39, 0.29) is 0 Å². The van der Waals surface area contributed by atoms with Gasteiger partial charge in [-0.1, -0.05) is 0 Å². The lowest BCUT2D eigenvalue weighted by Crippen LogP contribution is -2.33. The molecular weight excluding hydrogens is 107 g/mol. The Kier molecular flexibility index (Phi) is 1.63. The third-order valence-corrected chi connectivity index (χ3v) is 0.484. The average molecular weight is 113 g/mol. The van der Waals surface area contributed by atoms with E-state index in [1.807, 2.05) is 0 Å². The first-order valence-electron chi connectivity index (χ1n) is 1.72. The first-order chi connectivity index (χ1) is 2.94. The number of nitrogens with two attached hydrogens (primary N) is 1. The van der Waals surface area contributed by atoms with Crippen LogP contribution >= 0.6 is 0 Å². The van der Waals surface area contributed by atoms with Crippen LogP contribution in [-0.2, 0) is 0 Å². The zero-order valence-electron chi connectivity index (χ0n) is 3.79. The molecule has 2 N–H and O–H groups in total. The highest BCUT2D eigenvalue weighted by atomic mass is 19.3. The Labute approximate surface area is 39.3 Å². The quantitative estimate of drug-likeness (QED) is 0.502. The fourth-order valence-electron chi connectivity index (χ4n) is 0. The molecule has 0 aliphatic heterocycles. The molecule has 1 atom stereocenters. The van der Waals surface area contributed by atoms with Gasteiger partial charge in [0.15, 0.2) is 0 Å². The molecule has 0 amide bonds. The van der Waals surface area contributed by atoms with E-state index < -0.39 is 12.2 Å². The van der Waals surface area contributed by atoms with Crippen LogP contribution in [0.4, 0.5) is 13.2 Å². The summed E-state index contributed by atoms with van der Waals surface area (Å²) in [6, 6.07) is 0. The number of halogens is 3. The van der Waals surface area contributed by atoms with Gasteiger partial charge < -0.3 is 0 Å². The zero-order valence-corrected chi connectivity index (χ0v) is 3.79. The predicted molar refractivity (Wildman–Crippen MR) is 19.7 cm³/mol. The Morgan fingerprint density at radius 3 is 1.71 bits per heavy atom. The Balaban J connectivity index is 3.54. The normalized spacial score (nSPS) is 16.7. The van der Waals surface area contributed by atoms with Crippen LogP contribution in [0.5, 0.6) is 0 Å². The van der Waals surface area contributed by atoms with Crippen LogP contribution in [0.3, 0.4) is 0 Å². The molecule has 0 aliphatic carbocycles. The molecule has 4 heteroatoms. The van der Waals surface area contributed by atoms with Gasteiger partial charge in [-0.3, -0.25) is 5.73 Å². The predicted octanol–water partition coefficient (Wildman–Crippen LogP) is 0.896. The summed E-state index contributed by atoms with van der Waals surface area (Å²) in [5.41, 5.74) is 4.15. The summed E-state index contributed by atoms with van der Waals surface area (Å²) in [6.45, 7) is 0.428. The molecule has 0 aromatic rings. The summed E-state index contributed by atoms with van der Waals surface area (Å²) in [5, 5.41) is 0. The topological polar surface area (TPSA) is 26.0 Å². The van der Waals surface area contributed by atoms with E-state index in [2.05, 4.69) is 5.73 Å². The number of rotatable bonds is 1. The maximum atomic E-state index is 11.3. The van der Waals surface area contributed by atoms with Gasteiger partial charge in [-0.2, -0.15) is 0 Å². The Bertz CT molecular complexity index is 55.7. The fraction of sp³-hybridized carbons (Fsp3) is 1.00. The Hall–Kier alpha value is -0.250. The Morgan fingerprint density at radius 1 is 1.57 bits per heavy atom. The molecule has 0 heterocycles. The molecule has 7 heavy (non-hydrogen) atoms. The molecule has 0 spiro atoms. The van der Waals surface area contributed by atoms with Crippen LogP contribution in [0.2, 0.25) is 0 Å². The van der Waals surface area contributed by atoms with E-state index in [9.17, 15) is 13.2 Å². The molecule has 0 radical (unpaired) electrons. The molecule has 0 saturated heterocycles. The van der Waals surface area contributed by atoms with Gasteiger partial charge in [0.2, 0.25) is 6.30 Å². The number of hydrogen-bond donors (Lipinski definition) is 1. The molecule has 0 aliphatic rings. The van der Waals surface area contributed by atoms with E-state index >= 15 is 0 Å². The summed E-state index contributed by atoms with van der Waals surface area (Å²) < 4.78 is 33.9. The molecule has 0 aromatic carbocycles. The van der Waals surface area contributed by atoms with Crippen molar-refractivity contribution in [2.75, 3.05) is 0 Å². The van der Waals surface area contributed by atoms with Crippen molar-refractivity contribution in [2.24, 2.45) is 5.73 Å². The maximum absolute atomic E-state index is 11.3. The SMILES string of the molecule is CC(F)(F)C(N)F. The smallest absolute Gasteiger partial charge is 0.288 e. The minimum Gasteiger partial charge on any atom is -0.297 e. The van der Waals surface area contributed by atoms with Crippen molar-refractivity contribution in [2.45, 2.75) is 19.1 Å². The molecular formula is C3H6F3N. The van der Waals surface area contributed by atoms with Crippen LogP contribution in [0.1, 0.15) is 6.92 Å². The minimum atomic E-state index is -3.39. The lowest BCUT2D eigenvalue weighted by atomic mass is 10.4. The highest BCUT2D eigenvalue weighted by Gasteiger charge is 2.30. The van der Waals surface area contributed by atoms with E-state index in [1.54, 1.807) is 0 Å². The monoisotopic (exact) mass is 113 g/mol. The first kappa shape index (κ1) is 6.75. The van der Waals surface area contributed by atoms with Gasteiger partial charge in [0.1, 0.15) is 0 Å². The molecule has 44 valence electrons. The standard InChI is InChI=1S/C3H6F3N/c1-3(5,6)2(4)7/h2H,7H2,1H3. The van der Waals surface area contributed by atoms with E-state index in [0.29, 0.717) is 6.92 Å². The van der Waals surface area contributed by atoms with Crippen molar-refractivity contribution in [1.82, 2.24) is 0 Å². The summed E-state index contributed by atoms with van der Waals surface area (Å²) >= 11 is 0. The van der Waals surface area contributed by atoms with Crippen molar-refractivity contribution in [3.63, 3.8) is 0 Å². The van der Waals surface area contributed by atoms with E-state index in [4.69, 9.17) is 0 Å². The summed E-state index contributed by atoms with van der Waals surface area (Å²) in [5.74, 6) is -3.39. The van der Waals surface area contributed by atoms with Gasteiger partial charge in [0.05, 0.1) is 0 Å². The molecule has 0 aromatic heterocycles. The van der Waals surface area contributed by atoms with Crippen LogP contribution in [0, 0.1) is 0 Å². The molecule has 1 nitrogen and oxygen atoms in total. The molecule has 0 saturated carbocycles. The van der Waals surface area contributed by atoms with Gasteiger partial charge >= 0.3 is 0 Å². The van der Waals surface area contributed by atoms with Gasteiger partial charge in [0, 0.05) is 6.92 Å². The van der Waals surface area contributed by atoms with Crippen LogP contribution in [0.25, 0.3) is 0 Å². The fourth-order valence-corrected chi connectivity index (χ4v) is 0. The third-order valence-electron chi connectivity index (χ3n) is 0.484. The van der Waals surface area contributed by atoms with Crippen LogP contribution in [-0.4, -0.2) is 12.2 Å². The largest absolute Gasteiger partial charge is 0.297 e. The molecule has 0 bridgehead atoms. The second-order valence-electron chi connectivity index (χ2n) is 1.36. The van der Waals surface area contributed by atoms with Crippen molar-refractivity contribution in [3.05, 3.63) is 0 Å². The van der Waals surface area contributed by atoms with Crippen molar-refractivity contribution in [1.29, 1.82) is 0 Å². The van der Waals surface area contributed by atoms with Crippen molar-refractivity contribution >= 4 is 0 Å². The Morgan fingerprint density at radius 2 is 1.71 bits per heavy atom. The van der Waals surface area contributed by atoms with Gasteiger partial charge in [0.25, 0.3) is 5.92 Å². The summed E-state index contributed by atoms with van der Waals surface area (Å²) in [7, 11) is 0. The maximum Gasteiger partial charge on any atom is 0.288 e. The third kappa shape index (κ3) is 2.45. The zero-order chi connectivity index (χ0) is 6.08. The highest BCUT2D eigenvalue weighted by Crippen LogP contribution is 2.15. The highest BCUT2D eigenvalue weighted by molar-refractivity contribution is 4.62. The van der Waals surface area contributed by atoms with Crippen molar-refractivity contribution in [3.8, 4) is 0 Å². The van der Waals surface area contributed by atoms with Gasteiger partial charge in [-0.15, -0.1) is 0 Å². The van der Waals surface area contributed by atoms with E-state index in [1.165, 1.54) is 0 Å². The number of alkyl halides is 3.